The highest BCUT2D eigenvalue weighted by atomic mass is 79.9. The Morgan fingerprint density at radius 1 is 1.64 bits per heavy atom. The lowest BCUT2D eigenvalue weighted by Gasteiger charge is -2.07. The number of Topliss-reactive ketones (excluding diaryl/α,β-unsaturated/α-hetero) is 1. The molecule has 3 nitrogen and oxygen atoms in total. The molecule has 0 saturated heterocycles. The lowest BCUT2D eigenvalue weighted by molar-refractivity contribution is 0.0965. The minimum absolute atomic E-state index is 0.0966. The van der Waals surface area contributed by atoms with E-state index in [-0.39, 0.29) is 15.8 Å². The normalized spacial score (nSPS) is 12.6. The summed E-state index contributed by atoms with van der Waals surface area (Å²) in [5.74, 6) is -1.37. The third-order valence-electron chi connectivity index (χ3n) is 1.72. The number of nitrogens with two attached hydrogens (primary N) is 1. The zero-order valence-electron chi connectivity index (χ0n) is 7.42. The van der Waals surface area contributed by atoms with Gasteiger partial charge >= 0.3 is 0 Å². The van der Waals surface area contributed by atoms with Gasteiger partial charge in [0, 0.05) is 0 Å². The number of halogens is 2. The molecule has 0 spiro atoms. The van der Waals surface area contributed by atoms with Crippen molar-refractivity contribution in [3.8, 4) is 5.75 Å². The molecule has 0 aliphatic rings. The molecule has 0 fully saturated rings. The van der Waals surface area contributed by atoms with E-state index in [0.29, 0.717) is 0 Å². The van der Waals surface area contributed by atoms with Crippen molar-refractivity contribution in [1.82, 2.24) is 0 Å². The molecule has 0 heterocycles. The molecule has 1 atom stereocenters. The van der Waals surface area contributed by atoms with E-state index in [1.807, 2.05) is 0 Å². The maximum Gasteiger partial charge on any atom is 0.183 e. The number of phenolic OH excluding ortho intramolecular Hbond substituents is 1. The smallest absolute Gasteiger partial charge is 0.183 e. The lowest BCUT2D eigenvalue weighted by Crippen LogP contribution is -2.26. The van der Waals surface area contributed by atoms with Gasteiger partial charge in [-0.1, -0.05) is 0 Å². The summed E-state index contributed by atoms with van der Waals surface area (Å²) >= 11 is 2.89. The van der Waals surface area contributed by atoms with Crippen molar-refractivity contribution in [3.05, 3.63) is 28.0 Å². The predicted octanol–water partition coefficient (Wildman–Crippen LogP) is 1.82. The fourth-order valence-corrected chi connectivity index (χ4v) is 1.31. The summed E-state index contributed by atoms with van der Waals surface area (Å²) in [4.78, 5) is 11.4. The topological polar surface area (TPSA) is 63.3 Å². The molecule has 0 saturated carbocycles. The van der Waals surface area contributed by atoms with Crippen LogP contribution in [0.25, 0.3) is 0 Å². The van der Waals surface area contributed by atoms with Gasteiger partial charge in [-0.15, -0.1) is 0 Å². The van der Waals surface area contributed by atoms with Gasteiger partial charge in [0.25, 0.3) is 0 Å². The van der Waals surface area contributed by atoms with Crippen LogP contribution in [0, 0.1) is 5.82 Å². The van der Waals surface area contributed by atoms with Crippen LogP contribution >= 0.6 is 15.9 Å². The van der Waals surface area contributed by atoms with Crippen LogP contribution in [-0.2, 0) is 0 Å². The van der Waals surface area contributed by atoms with E-state index in [1.54, 1.807) is 0 Å². The molecule has 14 heavy (non-hydrogen) atoms. The van der Waals surface area contributed by atoms with Gasteiger partial charge in [0.1, 0.15) is 11.6 Å². The Balaban J connectivity index is 3.22. The molecule has 0 aromatic heterocycles. The number of phenols is 1. The van der Waals surface area contributed by atoms with E-state index in [0.717, 1.165) is 12.1 Å². The largest absolute Gasteiger partial charge is 0.507 e. The number of carbonyl (C=O) groups excluding carboxylic acids is 1. The zero-order valence-corrected chi connectivity index (χ0v) is 9.01. The molecule has 1 rings (SSSR count). The Labute approximate surface area is 88.9 Å². The number of carbonyl (C=O) groups is 1. The number of benzene rings is 1. The molecular weight excluding hydrogens is 253 g/mol. The second kappa shape index (κ2) is 4.06. The zero-order chi connectivity index (χ0) is 10.9. The van der Waals surface area contributed by atoms with Crippen LogP contribution in [0.4, 0.5) is 4.39 Å². The Bertz CT molecular complexity index is 379. The molecule has 0 bridgehead atoms. The maximum absolute atomic E-state index is 13.0. The first-order valence-electron chi connectivity index (χ1n) is 3.91. The highest BCUT2D eigenvalue weighted by molar-refractivity contribution is 9.10. The molecule has 1 aromatic carbocycles. The molecule has 0 amide bonds. The Kier molecular flexibility index (Phi) is 3.23. The van der Waals surface area contributed by atoms with Crippen molar-refractivity contribution in [1.29, 1.82) is 0 Å². The van der Waals surface area contributed by atoms with E-state index < -0.39 is 17.6 Å². The number of hydrogen-bond acceptors (Lipinski definition) is 3. The molecule has 0 aliphatic heterocycles. The van der Waals surface area contributed by atoms with Crippen molar-refractivity contribution in [2.75, 3.05) is 0 Å². The summed E-state index contributed by atoms with van der Waals surface area (Å²) in [5.41, 5.74) is 5.23. The molecule has 1 unspecified atom stereocenters. The second-order valence-electron chi connectivity index (χ2n) is 2.94. The van der Waals surface area contributed by atoms with Crippen molar-refractivity contribution < 1.29 is 14.3 Å². The van der Waals surface area contributed by atoms with Crippen LogP contribution in [0.5, 0.6) is 5.75 Å². The fraction of sp³-hybridized carbons (Fsp3) is 0.222. The third-order valence-corrected chi connectivity index (χ3v) is 2.33. The Morgan fingerprint density at radius 2 is 2.21 bits per heavy atom. The third kappa shape index (κ3) is 2.10. The van der Waals surface area contributed by atoms with Gasteiger partial charge in [0.2, 0.25) is 0 Å². The standard InChI is InChI=1S/C9H9BrFNO2/c1-4(12)9(14)5-2-7(11)6(10)3-8(5)13/h2-4,13H,12H2,1H3. The molecule has 76 valence electrons. The average Bonchev–Trinajstić information content (AvgIpc) is 2.10. The minimum atomic E-state index is -0.763. The minimum Gasteiger partial charge on any atom is -0.507 e. The second-order valence-corrected chi connectivity index (χ2v) is 3.79. The number of rotatable bonds is 2. The van der Waals surface area contributed by atoms with Crippen molar-refractivity contribution in [2.45, 2.75) is 13.0 Å². The summed E-state index contributed by atoms with van der Waals surface area (Å²) in [5, 5.41) is 9.36. The Hall–Kier alpha value is -0.940. The van der Waals surface area contributed by atoms with Crippen LogP contribution in [0.15, 0.2) is 16.6 Å². The first kappa shape index (κ1) is 11.1. The van der Waals surface area contributed by atoms with Gasteiger partial charge in [-0.2, -0.15) is 0 Å². The molecule has 0 radical (unpaired) electrons. The van der Waals surface area contributed by atoms with E-state index in [9.17, 15) is 14.3 Å². The van der Waals surface area contributed by atoms with Crippen LogP contribution in [0.2, 0.25) is 0 Å². The van der Waals surface area contributed by atoms with Gasteiger partial charge in [-0.3, -0.25) is 4.79 Å². The van der Waals surface area contributed by atoms with Crippen LogP contribution in [-0.4, -0.2) is 16.9 Å². The van der Waals surface area contributed by atoms with Crippen LogP contribution in [0.3, 0.4) is 0 Å². The van der Waals surface area contributed by atoms with E-state index in [2.05, 4.69) is 15.9 Å². The molecule has 1 aromatic rings. The molecule has 0 aliphatic carbocycles. The van der Waals surface area contributed by atoms with E-state index in [4.69, 9.17) is 5.73 Å². The highest BCUT2D eigenvalue weighted by Crippen LogP contribution is 2.26. The summed E-state index contributed by atoms with van der Waals surface area (Å²) < 4.78 is 13.1. The summed E-state index contributed by atoms with van der Waals surface area (Å²) in [6.07, 6.45) is 0. The van der Waals surface area contributed by atoms with E-state index >= 15 is 0 Å². The summed E-state index contributed by atoms with van der Waals surface area (Å²) in [7, 11) is 0. The van der Waals surface area contributed by atoms with Crippen molar-refractivity contribution >= 4 is 21.7 Å². The SMILES string of the molecule is CC(N)C(=O)c1cc(F)c(Br)cc1O. The summed E-state index contributed by atoms with van der Waals surface area (Å²) in [6.45, 7) is 1.47. The maximum atomic E-state index is 13.0. The van der Waals surface area contributed by atoms with Gasteiger partial charge in [-0.05, 0) is 35.0 Å². The molecular formula is C9H9BrFNO2. The monoisotopic (exact) mass is 261 g/mol. The average molecular weight is 262 g/mol. The van der Waals surface area contributed by atoms with Crippen molar-refractivity contribution in [3.63, 3.8) is 0 Å². The molecule has 3 N–H and O–H groups in total. The van der Waals surface area contributed by atoms with Crippen LogP contribution in [0.1, 0.15) is 17.3 Å². The predicted molar refractivity (Wildman–Crippen MR) is 53.7 cm³/mol. The van der Waals surface area contributed by atoms with Gasteiger partial charge < -0.3 is 10.8 Å². The van der Waals surface area contributed by atoms with E-state index in [1.165, 1.54) is 6.92 Å². The van der Waals surface area contributed by atoms with Crippen molar-refractivity contribution in [2.24, 2.45) is 5.73 Å². The number of ketones is 1. The fourth-order valence-electron chi connectivity index (χ4n) is 0.979. The van der Waals surface area contributed by atoms with Crippen LogP contribution < -0.4 is 5.73 Å². The van der Waals surface area contributed by atoms with Gasteiger partial charge in [0.15, 0.2) is 5.78 Å². The Morgan fingerprint density at radius 3 is 2.71 bits per heavy atom. The highest BCUT2D eigenvalue weighted by Gasteiger charge is 2.17. The first-order chi connectivity index (χ1) is 6.43. The van der Waals surface area contributed by atoms with Gasteiger partial charge in [0.05, 0.1) is 16.1 Å². The molecule has 5 heteroatoms. The number of hydrogen-bond donors (Lipinski definition) is 2. The lowest BCUT2D eigenvalue weighted by atomic mass is 10.1. The summed E-state index contributed by atoms with van der Waals surface area (Å²) in [6, 6.07) is 1.33. The first-order valence-corrected chi connectivity index (χ1v) is 4.70. The number of aromatic hydroxyl groups is 1. The van der Waals surface area contributed by atoms with Gasteiger partial charge in [-0.25, -0.2) is 4.39 Å². The quantitative estimate of drug-likeness (QED) is 0.799.